The molecule has 1 aliphatic rings. The molecule has 35 heavy (non-hydrogen) atoms. The molecule has 1 heterocycles. The third-order valence-electron chi connectivity index (χ3n) is 5.94. The smallest absolute Gasteiger partial charge is 0.339 e. The van der Waals surface area contributed by atoms with Crippen LogP contribution in [0.5, 0.6) is 0 Å². The van der Waals surface area contributed by atoms with Crippen molar-refractivity contribution in [3.05, 3.63) is 105 Å². The van der Waals surface area contributed by atoms with Crippen LogP contribution < -0.4 is 10.9 Å². The molecule has 0 saturated carbocycles. The summed E-state index contributed by atoms with van der Waals surface area (Å²) in [5.74, 6) is -0.604. The number of hydrogen-bond acceptors (Lipinski definition) is 6. The maximum atomic E-state index is 12.8. The van der Waals surface area contributed by atoms with Crippen LogP contribution in [-0.4, -0.2) is 30.3 Å². The maximum Gasteiger partial charge on any atom is 0.339 e. The number of hydrogen-bond donors (Lipinski definition) is 1. The molecule has 4 rings (SSSR count). The first-order chi connectivity index (χ1) is 16.7. The predicted octanol–water partition coefficient (Wildman–Crippen LogP) is 3.99. The lowest BCUT2D eigenvalue weighted by Crippen LogP contribution is -2.41. The van der Waals surface area contributed by atoms with E-state index in [0.717, 1.165) is 0 Å². The van der Waals surface area contributed by atoms with E-state index in [1.807, 2.05) is 13.8 Å². The molecule has 1 atom stereocenters. The molecular weight excluding hydrogens is 446 g/mol. The van der Waals surface area contributed by atoms with Crippen molar-refractivity contribution < 1.29 is 23.5 Å². The Balaban J connectivity index is 1.56. The topological polar surface area (TPSA) is 103 Å². The number of fused-ring (bicyclic) bond motifs is 1. The fraction of sp³-hybridized carbons (Fsp3) is 0.286. The van der Waals surface area contributed by atoms with Crippen molar-refractivity contribution in [3.8, 4) is 0 Å². The normalized spacial score (nSPS) is 15.1. The fourth-order valence-corrected chi connectivity index (χ4v) is 4.19. The van der Waals surface area contributed by atoms with Gasteiger partial charge in [0, 0.05) is 30.4 Å². The highest BCUT2D eigenvalue weighted by Crippen LogP contribution is 2.34. The Morgan fingerprint density at radius 3 is 2.26 bits per heavy atom. The Kier molecular flexibility index (Phi) is 6.96. The van der Waals surface area contributed by atoms with Gasteiger partial charge < -0.3 is 14.5 Å². The minimum Gasteiger partial charge on any atom is -0.460 e. The van der Waals surface area contributed by atoms with Crippen LogP contribution in [0.2, 0.25) is 0 Å². The number of Topliss-reactive ketones (excluding diaryl/α,β-unsaturated/α-hetero) is 1. The van der Waals surface area contributed by atoms with Gasteiger partial charge >= 0.3 is 11.6 Å². The lowest BCUT2D eigenvalue weighted by Gasteiger charge is -2.29. The van der Waals surface area contributed by atoms with Gasteiger partial charge in [-0.1, -0.05) is 50.2 Å². The number of nitrogens with one attached hydrogen (secondary N) is 1. The lowest BCUT2D eigenvalue weighted by molar-refractivity contribution is 0.0456. The van der Waals surface area contributed by atoms with E-state index in [0.29, 0.717) is 35.3 Å². The molecule has 3 aromatic rings. The second-order valence-corrected chi connectivity index (χ2v) is 9.54. The fourth-order valence-electron chi connectivity index (χ4n) is 4.19. The van der Waals surface area contributed by atoms with E-state index >= 15 is 0 Å². The van der Waals surface area contributed by atoms with Gasteiger partial charge in [0.1, 0.15) is 12.4 Å². The number of rotatable bonds is 7. The van der Waals surface area contributed by atoms with E-state index in [4.69, 9.17) is 9.15 Å². The first-order valence-electron chi connectivity index (χ1n) is 11.5. The molecule has 0 aliphatic heterocycles. The Hall–Kier alpha value is -4.00. The van der Waals surface area contributed by atoms with Gasteiger partial charge in [-0.05, 0) is 35.7 Å². The van der Waals surface area contributed by atoms with Gasteiger partial charge in [-0.2, -0.15) is 0 Å². The second-order valence-electron chi connectivity index (χ2n) is 9.54. The lowest BCUT2D eigenvalue weighted by atomic mass is 9.76. The first-order valence-corrected chi connectivity index (χ1v) is 11.5. The summed E-state index contributed by atoms with van der Waals surface area (Å²) < 4.78 is 11.0. The molecule has 0 unspecified atom stereocenters. The average Bonchev–Trinajstić information content (AvgIpc) is 2.83. The number of carbonyl (C=O) groups excluding carboxylic acids is 3. The summed E-state index contributed by atoms with van der Waals surface area (Å²) in [4.78, 5) is 50.7. The van der Waals surface area contributed by atoms with E-state index in [9.17, 15) is 19.2 Å². The van der Waals surface area contributed by atoms with Crippen LogP contribution in [0.1, 0.15) is 62.7 Å². The number of ketones is 1. The molecule has 0 spiro atoms. The predicted molar refractivity (Wildman–Crippen MR) is 130 cm³/mol. The zero-order valence-corrected chi connectivity index (χ0v) is 19.7. The van der Waals surface area contributed by atoms with Gasteiger partial charge in [0.25, 0.3) is 5.91 Å². The molecule has 2 aromatic carbocycles. The minimum absolute atomic E-state index is 0.0347. The van der Waals surface area contributed by atoms with Crippen LogP contribution in [0, 0.1) is 5.41 Å². The Morgan fingerprint density at radius 1 is 0.971 bits per heavy atom. The van der Waals surface area contributed by atoms with Crippen molar-refractivity contribution >= 4 is 17.7 Å². The average molecular weight is 474 g/mol. The van der Waals surface area contributed by atoms with Crippen LogP contribution in [0.25, 0.3) is 0 Å². The highest BCUT2D eigenvalue weighted by Gasteiger charge is 2.33. The SMILES string of the molecule is CC1(C)CC(=O)c2cc(C[C@@H](COC(=O)c3ccccc3)NC(=O)c3ccccc3)c(=O)oc2C1. The van der Waals surface area contributed by atoms with Gasteiger partial charge in [0.15, 0.2) is 5.78 Å². The third kappa shape index (κ3) is 5.93. The number of esters is 1. The van der Waals surface area contributed by atoms with Gasteiger partial charge in [-0.25, -0.2) is 9.59 Å². The van der Waals surface area contributed by atoms with Crippen molar-refractivity contribution in [1.82, 2.24) is 5.32 Å². The van der Waals surface area contributed by atoms with Gasteiger partial charge in [-0.3, -0.25) is 9.59 Å². The van der Waals surface area contributed by atoms with E-state index in [2.05, 4.69) is 5.32 Å². The Labute approximate surface area is 203 Å². The van der Waals surface area contributed by atoms with E-state index < -0.39 is 17.6 Å². The van der Waals surface area contributed by atoms with Crippen LogP contribution in [-0.2, 0) is 17.6 Å². The molecule has 0 saturated heterocycles. The van der Waals surface area contributed by atoms with E-state index in [-0.39, 0.29) is 35.7 Å². The van der Waals surface area contributed by atoms with Crippen molar-refractivity contribution in [2.45, 2.75) is 39.2 Å². The molecule has 7 nitrogen and oxygen atoms in total. The number of ether oxygens (including phenoxy) is 1. The highest BCUT2D eigenvalue weighted by atomic mass is 16.5. The first kappa shape index (κ1) is 24.1. The van der Waals surface area contributed by atoms with Crippen LogP contribution >= 0.6 is 0 Å². The number of amides is 1. The molecule has 7 heteroatoms. The molecule has 0 bridgehead atoms. The Morgan fingerprint density at radius 2 is 1.60 bits per heavy atom. The summed E-state index contributed by atoms with van der Waals surface area (Å²) in [6.45, 7) is 3.75. The van der Waals surface area contributed by atoms with Crippen LogP contribution in [0.3, 0.4) is 0 Å². The van der Waals surface area contributed by atoms with Gasteiger partial charge in [-0.15, -0.1) is 0 Å². The number of benzene rings is 2. The summed E-state index contributed by atoms with van der Waals surface area (Å²) in [7, 11) is 0. The van der Waals surface area contributed by atoms with Crippen molar-refractivity contribution in [2.24, 2.45) is 5.41 Å². The third-order valence-corrected chi connectivity index (χ3v) is 5.94. The molecule has 180 valence electrons. The minimum atomic E-state index is -0.716. The summed E-state index contributed by atoms with van der Waals surface area (Å²) in [6, 6.07) is 17.9. The van der Waals surface area contributed by atoms with E-state index in [1.54, 1.807) is 66.7 Å². The number of carbonyl (C=O) groups is 3. The van der Waals surface area contributed by atoms with E-state index in [1.165, 1.54) is 0 Å². The Bertz CT molecular complexity index is 1290. The monoisotopic (exact) mass is 473 g/mol. The molecule has 0 fully saturated rings. The van der Waals surface area contributed by atoms with Crippen molar-refractivity contribution in [3.63, 3.8) is 0 Å². The zero-order chi connectivity index (χ0) is 25.0. The molecule has 1 aliphatic carbocycles. The van der Waals surface area contributed by atoms with Crippen molar-refractivity contribution in [2.75, 3.05) is 6.61 Å². The molecule has 1 N–H and O–H groups in total. The maximum absolute atomic E-state index is 12.8. The van der Waals surface area contributed by atoms with Gasteiger partial charge in [0.2, 0.25) is 0 Å². The van der Waals surface area contributed by atoms with Crippen LogP contribution in [0.15, 0.2) is 75.9 Å². The summed E-state index contributed by atoms with van der Waals surface area (Å²) >= 11 is 0. The summed E-state index contributed by atoms with van der Waals surface area (Å²) in [6.07, 6.45) is 0.884. The molecular formula is C28H27NO6. The van der Waals surface area contributed by atoms with Gasteiger partial charge in [0.05, 0.1) is 17.2 Å². The largest absolute Gasteiger partial charge is 0.460 e. The second kappa shape index (κ2) is 10.1. The zero-order valence-electron chi connectivity index (χ0n) is 19.7. The molecule has 1 amide bonds. The highest BCUT2D eigenvalue weighted by molar-refractivity contribution is 5.98. The quantitative estimate of drug-likeness (QED) is 0.521. The van der Waals surface area contributed by atoms with Crippen LogP contribution in [0.4, 0.5) is 0 Å². The summed E-state index contributed by atoms with van der Waals surface area (Å²) in [5, 5.41) is 2.84. The molecule has 0 radical (unpaired) electrons. The summed E-state index contributed by atoms with van der Waals surface area (Å²) in [5.41, 5.74) is 0.602. The molecule has 1 aromatic heterocycles. The standard InChI is InChI=1S/C28H27NO6/c1-28(2)15-23(30)22-14-20(27(33)35-24(22)16-28)13-21(29-25(31)18-9-5-3-6-10-18)17-34-26(32)19-11-7-4-8-12-19/h3-12,14,21H,13,15-17H2,1-2H3,(H,29,31)/t21-/m0/s1. The van der Waals surface area contributed by atoms with Crippen molar-refractivity contribution in [1.29, 1.82) is 0 Å².